The van der Waals surface area contributed by atoms with Crippen LogP contribution in [0.15, 0.2) is 58.1 Å². The van der Waals surface area contributed by atoms with Gasteiger partial charge in [0.05, 0.1) is 17.5 Å². The molecule has 6 aliphatic carbocycles. The fourth-order valence-corrected chi connectivity index (χ4v) is 12.9. The third kappa shape index (κ3) is 4.44. The number of rotatable bonds is 6. The van der Waals surface area contributed by atoms with E-state index in [2.05, 4.69) is 31.3 Å². The number of cyclic esters (lactones) is 2. The molecule has 9 heteroatoms. The molecule has 4 heterocycles. The number of hydrogen-bond acceptors (Lipinski definition) is 7. The summed E-state index contributed by atoms with van der Waals surface area (Å²) >= 11 is 0. The molecule has 0 aromatic carbocycles. The summed E-state index contributed by atoms with van der Waals surface area (Å²) < 4.78 is 12.7. The van der Waals surface area contributed by atoms with Crippen molar-refractivity contribution < 1.29 is 34.0 Å². The summed E-state index contributed by atoms with van der Waals surface area (Å²) in [5.41, 5.74) is 9.78. The Hall–Kier alpha value is -3.30. The number of quaternary nitrogens is 1. The number of piperidine rings is 1. The molecule has 3 unspecified atom stereocenters. The van der Waals surface area contributed by atoms with Gasteiger partial charge in [-0.15, -0.1) is 0 Å². The summed E-state index contributed by atoms with van der Waals surface area (Å²) in [5, 5.41) is 2.23. The minimum atomic E-state index is -0.760. The lowest BCUT2D eigenvalue weighted by Gasteiger charge is -2.60. The minimum Gasteiger partial charge on any atom is -0.427 e. The SMILES string of the molecule is CCCC=C1OC(=O)C2=C([C@@H]3C4CC[NH2+]C(N)C4CC[C@@H]3N3C(=O)C=CC3=O)[C@H]3CC[C@@]12[C@H]1C2=C(CC[C@H]31)C(=CC1(CC)CCCC1)OC2=O. The highest BCUT2D eigenvalue weighted by Gasteiger charge is 2.70. The van der Waals surface area contributed by atoms with Crippen LogP contribution in [0.4, 0.5) is 0 Å². The number of nitrogens with two attached hydrogens (primary N) is 2. The van der Waals surface area contributed by atoms with Crippen molar-refractivity contribution in [2.45, 2.75) is 116 Å². The van der Waals surface area contributed by atoms with Gasteiger partial charge in [0.25, 0.3) is 11.8 Å². The van der Waals surface area contributed by atoms with Gasteiger partial charge in [0.2, 0.25) is 0 Å². The van der Waals surface area contributed by atoms with E-state index in [4.69, 9.17) is 15.2 Å². The van der Waals surface area contributed by atoms with E-state index in [1.165, 1.54) is 29.9 Å². The van der Waals surface area contributed by atoms with Crippen LogP contribution in [0.1, 0.15) is 104 Å². The number of allylic oxidation sites excluding steroid dienone is 4. The van der Waals surface area contributed by atoms with Gasteiger partial charge in [-0.2, -0.15) is 0 Å². The van der Waals surface area contributed by atoms with Crippen molar-refractivity contribution in [3.8, 4) is 0 Å². The average molecular weight is 683 g/mol. The molecule has 0 aromatic heterocycles. The van der Waals surface area contributed by atoms with Crippen molar-refractivity contribution in [3.63, 3.8) is 0 Å². The quantitative estimate of drug-likeness (QED) is 0.302. The van der Waals surface area contributed by atoms with Gasteiger partial charge in [-0.3, -0.25) is 20.2 Å². The van der Waals surface area contributed by atoms with Crippen molar-refractivity contribution in [1.29, 1.82) is 0 Å². The topological polar surface area (TPSA) is 133 Å². The Morgan fingerprint density at radius 2 is 1.70 bits per heavy atom. The summed E-state index contributed by atoms with van der Waals surface area (Å²) in [6.07, 6.45) is 20.2. The summed E-state index contributed by atoms with van der Waals surface area (Å²) in [4.78, 5) is 57.0. The zero-order valence-electron chi connectivity index (χ0n) is 29.6. The predicted octanol–water partition coefficient (Wildman–Crippen LogP) is 4.86. The lowest BCUT2D eigenvalue weighted by atomic mass is 9.42. The summed E-state index contributed by atoms with van der Waals surface area (Å²) in [6, 6.07) is -0.341. The van der Waals surface area contributed by atoms with Crippen LogP contribution in [0, 0.1) is 46.3 Å². The maximum absolute atomic E-state index is 14.6. The Balaban J connectivity index is 1.24. The maximum Gasteiger partial charge on any atom is 0.340 e. The Kier molecular flexibility index (Phi) is 7.74. The fourth-order valence-electron chi connectivity index (χ4n) is 12.9. The monoisotopic (exact) mass is 682 g/mol. The second-order valence-electron chi connectivity index (χ2n) is 16.9. The molecule has 5 fully saturated rings. The van der Waals surface area contributed by atoms with Crippen LogP contribution in [0.2, 0.25) is 0 Å². The molecule has 0 aromatic rings. The Morgan fingerprint density at radius 3 is 2.44 bits per heavy atom. The van der Waals surface area contributed by atoms with Crippen LogP contribution >= 0.6 is 0 Å². The van der Waals surface area contributed by atoms with Crippen LogP contribution in [0.25, 0.3) is 0 Å². The number of imide groups is 1. The van der Waals surface area contributed by atoms with Crippen molar-refractivity contribution in [2.24, 2.45) is 52.1 Å². The van der Waals surface area contributed by atoms with Crippen LogP contribution in [-0.4, -0.2) is 47.4 Å². The van der Waals surface area contributed by atoms with Gasteiger partial charge in [0.15, 0.2) is 0 Å². The molecular formula is C41H52N3O6+. The lowest BCUT2D eigenvalue weighted by Crippen LogP contribution is -2.97. The van der Waals surface area contributed by atoms with Crippen LogP contribution in [0.3, 0.4) is 0 Å². The highest BCUT2D eigenvalue weighted by molar-refractivity contribution is 6.13. The van der Waals surface area contributed by atoms with Gasteiger partial charge in [0.1, 0.15) is 17.7 Å². The first-order valence-electron chi connectivity index (χ1n) is 19.7. The van der Waals surface area contributed by atoms with E-state index in [1.54, 1.807) is 0 Å². The van der Waals surface area contributed by atoms with Crippen molar-refractivity contribution >= 4 is 23.8 Å². The van der Waals surface area contributed by atoms with Gasteiger partial charge < -0.3 is 14.8 Å². The van der Waals surface area contributed by atoms with E-state index in [1.807, 2.05) is 0 Å². The molecule has 2 amide bonds. The third-order valence-corrected chi connectivity index (χ3v) is 14.9. The lowest BCUT2D eigenvalue weighted by molar-refractivity contribution is -0.708. The average Bonchev–Trinajstić information content (AvgIpc) is 3.88. The first kappa shape index (κ1) is 32.6. The van der Waals surface area contributed by atoms with Gasteiger partial charge in [-0.05, 0) is 105 Å². The molecule has 9 atom stereocenters. The van der Waals surface area contributed by atoms with E-state index in [9.17, 15) is 19.2 Å². The second kappa shape index (κ2) is 11.9. The molecule has 9 nitrogen and oxygen atoms in total. The molecule has 266 valence electrons. The Bertz CT molecular complexity index is 1690. The van der Waals surface area contributed by atoms with Gasteiger partial charge >= 0.3 is 11.9 Å². The van der Waals surface area contributed by atoms with E-state index in [0.29, 0.717) is 12.2 Å². The number of ether oxygens (including phenoxy) is 2. The molecule has 50 heavy (non-hydrogen) atoms. The predicted molar refractivity (Wildman–Crippen MR) is 184 cm³/mol. The number of esters is 2. The third-order valence-electron chi connectivity index (χ3n) is 14.9. The normalized spacial score (nSPS) is 41.6. The molecule has 10 aliphatic rings. The van der Waals surface area contributed by atoms with Gasteiger partial charge in [-0.1, -0.05) is 33.1 Å². The number of amides is 2. The Labute approximate surface area is 294 Å². The van der Waals surface area contributed by atoms with Crippen molar-refractivity contribution in [3.05, 3.63) is 58.1 Å². The van der Waals surface area contributed by atoms with Crippen LogP contribution in [0.5, 0.6) is 0 Å². The summed E-state index contributed by atoms with van der Waals surface area (Å²) in [7, 11) is 0. The summed E-state index contributed by atoms with van der Waals surface area (Å²) in [6.45, 7) is 5.25. The molecule has 2 bridgehead atoms. The molecule has 10 rings (SSSR count). The fraction of sp³-hybridized carbons (Fsp3) is 0.659. The van der Waals surface area contributed by atoms with Gasteiger partial charge in [-0.25, -0.2) is 9.59 Å². The first-order chi connectivity index (χ1) is 24.2. The number of unbranched alkanes of at least 4 members (excludes halogenated alkanes) is 1. The Morgan fingerprint density at radius 1 is 0.920 bits per heavy atom. The number of carbonyl (C=O) groups excluding carboxylic acids is 4. The summed E-state index contributed by atoms with van der Waals surface area (Å²) in [5.74, 6) is 0.568. The number of fused-ring (bicyclic) bond motifs is 2. The van der Waals surface area contributed by atoms with Crippen molar-refractivity contribution in [2.75, 3.05) is 6.54 Å². The van der Waals surface area contributed by atoms with Gasteiger partial charge in [0, 0.05) is 53.5 Å². The largest absolute Gasteiger partial charge is 0.427 e. The highest BCUT2D eigenvalue weighted by Crippen LogP contribution is 2.72. The minimum absolute atomic E-state index is 0.0517. The highest BCUT2D eigenvalue weighted by atomic mass is 16.5. The number of nitrogens with zero attached hydrogens (tertiary/aromatic N) is 1. The van der Waals surface area contributed by atoms with Crippen LogP contribution < -0.4 is 11.1 Å². The number of carbonyl (C=O) groups is 4. The molecule has 0 radical (unpaired) electrons. The molecular weight excluding hydrogens is 630 g/mol. The smallest absolute Gasteiger partial charge is 0.340 e. The zero-order chi connectivity index (χ0) is 34.5. The first-order valence-corrected chi connectivity index (χ1v) is 19.7. The van der Waals surface area contributed by atoms with E-state index >= 15 is 0 Å². The molecule has 4 aliphatic heterocycles. The number of hydrogen-bond donors (Lipinski definition) is 2. The zero-order valence-corrected chi connectivity index (χ0v) is 29.6. The van der Waals surface area contributed by atoms with Crippen LogP contribution in [-0.2, 0) is 28.7 Å². The standard InChI is InChI=1S/C41H51N3O6/c1-3-5-8-29-41-19-15-22(24-9-10-26-28(49-38(47)34(26)35(24)41)21-40(4-2)17-6-7-18-40)33(36(41)39(48)50-29)32-23-16-20-43-37(42)25(23)11-12-27(32)44-30(45)13-14-31(44)46/h8,13-14,21-25,27,32,35,37,43H,3-7,9-12,15-20,42H2,1-2H3/p+1/t22-,23?,24+,25?,27-,32+,35+,37?,41-/m0/s1. The molecule has 3 saturated carbocycles. The maximum atomic E-state index is 14.6. The molecule has 1 spiro atoms. The molecule has 4 N–H and O–H groups in total. The second-order valence-corrected chi connectivity index (χ2v) is 16.9. The van der Waals surface area contributed by atoms with E-state index < -0.39 is 5.41 Å². The van der Waals surface area contributed by atoms with E-state index in [-0.39, 0.29) is 76.9 Å². The molecule has 2 saturated heterocycles. The van der Waals surface area contributed by atoms with Crippen molar-refractivity contribution in [1.82, 2.24) is 4.90 Å². The van der Waals surface area contributed by atoms with E-state index in [0.717, 1.165) is 105 Å².